The van der Waals surface area contributed by atoms with Crippen molar-refractivity contribution in [3.8, 4) is 0 Å². The summed E-state index contributed by atoms with van der Waals surface area (Å²) in [4.78, 5) is 41.7. The van der Waals surface area contributed by atoms with E-state index in [4.69, 9.17) is 5.11 Å². The van der Waals surface area contributed by atoms with Gasteiger partial charge >= 0.3 is 11.7 Å². The van der Waals surface area contributed by atoms with Crippen LogP contribution in [0.4, 0.5) is 0 Å². The van der Waals surface area contributed by atoms with Crippen molar-refractivity contribution in [2.75, 3.05) is 5.75 Å². The Morgan fingerprint density at radius 1 is 1.27 bits per heavy atom. The summed E-state index contributed by atoms with van der Waals surface area (Å²) in [6.45, 7) is 2.39. The number of fused-ring (bicyclic) bond motifs is 1. The summed E-state index contributed by atoms with van der Waals surface area (Å²) < 4.78 is 3.01. The highest BCUT2D eigenvalue weighted by Gasteiger charge is 2.18. The highest BCUT2D eigenvalue weighted by Crippen LogP contribution is 2.23. The van der Waals surface area contributed by atoms with E-state index >= 15 is 0 Å². The zero-order chi connectivity index (χ0) is 18.8. The van der Waals surface area contributed by atoms with Gasteiger partial charge in [-0.15, -0.1) is 0 Å². The maximum Gasteiger partial charge on any atom is 0.329 e. The van der Waals surface area contributed by atoms with Crippen LogP contribution in [0.25, 0.3) is 11.2 Å². The van der Waals surface area contributed by atoms with Gasteiger partial charge in [-0.2, -0.15) is 0 Å². The van der Waals surface area contributed by atoms with E-state index in [1.807, 2.05) is 31.2 Å². The fourth-order valence-electron chi connectivity index (χ4n) is 2.58. The minimum atomic E-state index is -0.899. The zero-order valence-corrected chi connectivity index (χ0v) is 15.2. The molecular weight excluding hydrogens is 356 g/mol. The first-order valence-corrected chi connectivity index (χ1v) is 8.95. The van der Waals surface area contributed by atoms with E-state index in [2.05, 4.69) is 9.97 Å². The highest BCUT2D eigenvalue weighted by molar-refractivity contribution is 7.99. The monoisotopic (exact) mass is 374 g/mol. The number of benzene rings is 1. The Balaban J connectivity index is 2.11. The Bertz CT molecular complexity index is 1080. The fraction of sp³-hybridized carbons (Fsp3) is 0.294. The first-order chi connectivity index (χ1) is 12.4. The molecule has 0 saturated carbocycles. The largest absolute Gasteiger partial charge is 0.481 e. The van der Waals surface area contributed by atoms with Gasteiger partial charge in [-0.25, -0.2) is 9.78 Å². The van der Waals surface area contributed by atoms with Crippen molar-refractivity contribution in [1.82, 2.24) is 19.1 Å². The van der Waals surface area contributed by atoms with Gasteiger partial charge in [0.2, 0.25) is 0 Å². The van der Waals surface area contributed by atoms with E-state index in [0.717, 1.165) is 11.1 Å². The van der Waals surface area contributed by atoms with Gasteiger partial charge in [0.1, 0.15) is 0 Å². The molecule has 3 aromatic rings. The number of aryl methyl sites for hydroxylation is 2. The molecule has 0 fully saturated rings. The summed E-state index contributed by atoms with van der Waals surface area (Å²) in [5, 5.41) is 9.35. The quantitative estimate of drug-likeness (QED) is 0.630. The molecule has 2 N–H and O–H groups in total. The van der Waals surface area contributed by atoms with Crippen LogP contribution in [0.3, 0.4) is 0 Å². The lowest BCUT2D eigenvalue weighted by Gasteiger charge is -2.09. The van der Waals surface area contributed by atoms with Crippen molar-refractivity contribution >= 4 is 28.9 Å². The molecule has 0 unspecified atom stereocenters. The van der Waals surface area contributed by atoms with Gasteiger partial charge in [0.25, 0.3) is 5.56 Å². The predicted molar refractivity (Wildman–Crippen MR) is 98.9 cm³/mol. The molecule has 0 amide bonds. The second-order valence-electron chi connectivity index (χ2n) is 5.95. The number of thioether (sulfide) groups is 1. The maximum atomic E-state index is 12.4. The second-order valence-corrected chi connectivity index (χ2v) is 7.01. The molecule has 2 heterocycles. The van der Waals surface area contributed by atoms with Crippen LogP contribution in [-0.4, -0.2) is 35.9 Å². The molecule has 0 spiro atoms. The van der Waals surface area contributed by atoms with E-state index in [1.54, 1.807) is 4.57 Å². The van der Waals surface area contributed by atoms with Crippen LogP contribution in [0.1, 0.15) is 17.5 Å². The normalized spacial score (nSPS) is 11.2. The number of imidazole rings is 1. The van der Waals surface area contributed by atoms with E-state index in [9.17, 15) is 14.4 Å². The van der Waals surface area contributed by atoms with Crippen LogP contribution < -0.4 is 11.2 Å². The van der Waals surface area contributed by atoms with Crippen LogP contribution >= 0.6 is 11.8 Å². The van der Waals surface area contributed by atoms with Crippen LogP contribution in [0, 0.1) is 6.92 Å². The third-order valence-corrected chi connectivity index (χ3v) is 4.96. The Hall–Kier alpha value is -2.81. The van der Waals surface area contributed by atoms with Crippen LogP contribution in [0.15, 0.2) is 39.0 Å². The average Bonchev–Trinajstić information content (AvgIpc) is 2.94. The van der Waals surface area contributed by atoms with E-state index < -0.39 is 17.2 Å². The number of rotatable bonds is 6. The Kier molecular flexibility index (Phi) is 4.99. The summed E-state index contributed by atoms with van der Waals surface area (Å²) in [5.74, 6) is -0.581. The Morgan fingerprint density at radius 2 is 1.96 bits per heavy atom. The smallest absolute Gasteiger partial charge is 0.329 e. The van der Waals surface area contributed by atoms with Crippen molar-refractivity contribution in [2.24, 2.45) is 7.05 Å². The number of carboxylic acid groups (broad SMARTS) is 1. The number of aromatic nitrogens is 4. The molecule has 0 atom stereocenters. The second kappa shape index (κ2) is 7.20. The minimum absolute atomic E-state index is 0.0201. The van der Waals surface area contributed by atoms with Gasteiger partial charge in [-0.1, -0.05) is 41.6 Å². The topological polar surface area (TPSA) is 110 Å². The third kappa shape index (κ3) is 3.57. The molecule has 0 bridgehead atoms. The molecule has 0 aliphatic carbocycles. The number of H-pyrrole nitrogens is 1. The summed E-state index contributed by atoms with van der Waals surface area (Å²) in [7, 11) is 1.54. The van der Waals surface area contributed by atoms with Crippen LogP contribution in [-0.2, 0) is 18.4 Å². The van der Waals surface area contributed by atoms with Crippen LogP contribution in [0.5, 0.6) is 0 Å². The van der Waals surface area contributed by atoms with Gasteiger partial charge in [-0.3, -0.25) is 19.1 Å². The lowest BCUT2D eigenvalue weighted by molar-refractivity contribution is -0.136. The fourth-order valence-corrected chi connectivity index (χ4v) is 3.50. The number of nitrogens with zero attached hydrogens (tertiary/aromatic N) is 3. The summed E-state index contributed by atoms with van der Waals surface area (Å²) >= 11 is 1.25. The molecule has 8 nitrogen and oxygen atoms in total. The standard InChI is InChI=1S/C17H18N4O4S/c1-10-3-5-11(6-4-10)9-21-13-14(20(2)16(25)19-15(13)24)18-17(21)26-8-7-12(22)23/h3-6H,7-9H2,1-2H3,(H,22,23)(H,19,24,25). The van der Waals surface area contributed by atoms with E-state index in [-0.39, 0.29) is 12.1 Å². The number of carboxylic acids is 1. The summed E-state index contributed by atoms with van der Waals surface area (Å²) in [6, 6.07) is 7.88. The number of aromatic amines is 1. The molecular formula is C17H18N4O4S. The number of aliphatic carboxylic acids is 1. The van der Waals surface area contributed by atoms with Crippen molar-refractivity contribution < 1.29 is 9.90 Å². The minimum Gasteiger partial charge on any atom is -0.481 e. The number of hydrogen-bond donors (Lipinski definition) is 2. The van der Waals surface area contributed by atoms with Gasteiger partial charge in [0, 0.05) is 12.8 Å². The Labute approximate surface area is 152 Å². The molecule has 1 aromatic carbocycles. The van der Waals surface area contributed by atoms with Gasteiger partial charge < -0.3 is 9.67 Å². The molecule has 0 radical (unpaired) electrons. The molecule has 136 valence electrons. The van der Waals surface area contributed by atoms with Gasteiger partial charge in [0.05, 0.1) is 13.0 Å². The maximum absolute atomic E-state index is 12.4. The molecule has 0 saturated heterocycles. The lowest BCUT2D eigenvalue weighted by Crippen LogP contribution is -2.29. The lowest BCUT2D eigenvalue weighted by atomic mass is 10.1. The number of nitrogens with one attached hydrogen (secondary N) is 1. The van der Waals surface area contributed by atoms with Crippen molar-refractivity contribution in [2.45, 2.75) is 25.0 Å². The Morgan fingerprint density at radius 3 is 2.62 bits per heavy atom. The van der Waals surface area contributed by atoms with Crippen molar-refractivity contribution in [3.63, 3.8) is 0 Å². The first-order valence-electron chi connectivity index (χ1n) is 7.96. The molecule has 9 heteroatoms. The number of carbonyl (C=O) groups is 1. The predicted octanol–water partition coefficient (Wildman–Crippen LogP) is 1.35. The van der Waals surface area contributed by atoms with Gasteiger partial charge in [-0.05, 0) is 12.5 Å². The van der Waals surface area contributed by atoms with Crippen molar-refractivity contribution in [1.29, 1.82) is 0 Å². The summed E-state index contributed by atoms with van der Waals surface area (Å²) in [6.07, 6.45) is -0.0201. The molecule has 0 aliphatic heterocycles. The number of hydrogen-bond acceptors (Lipinski definition) is 5. The zero-order valence-electron chi connectivity index (χ0n) is 14.4. The molecule has 2 aromatic heterocycles. The summed E-state index contributed by atoms with van der Waals surface area (Å²) in [5.41, 5.74) is 1.63. The highest BCUT2D eigenvalue weighted by atomic mass is 32.2. The molecule has 0 aliphatic rings. The van der Waals surface area contributed by atoms with Crippen molar-refractivity contribution in [3.05, 3.63) is 56.2 Å². The average molecular weight is 374 g/mol. The van der Waals surface area contributed by atoms with E-state index in [0.29, 0.717) is 23.0 Å². The first kappa shape index (κ1) is 18.0. The van der Waals surface area contributed by atoms with E-state index in [1.165, 1.54) is 23.4 Å². The molecule has 3 rings (SSSR count). The molecule has 26 heavy (non-hydrogen) atoms. The SMILES string of the molecule is Cc1ccc(Cn2c(SCCC(=O)O)nc3c2c(=O)[nH]c(=O)n3C)cc1. The third-order valence-electron chi connectivity index (χ3n) is 3.98. The van der Waals surface area contributed by atoms with Gasteiger partial charge in [0.15, 0.2) is 16.3 Å². The van der Waals surface area contributed by atoms with Crippen LogP contribution in [0.2, 0.25) is 0 Å².